The van der Waals surface area contributed by atoms with Crippen LogP contribution in [-0.4, -0.2) is 51.3 Å². The van der Waals surface area contributed by atoms with E-state index < -0.39 is 39.2 Å². The number of rotatable bonds is 6. The number of halogens is 4. The molecular weight excluding hydrogens is 569 g/mol. The van der Waals surface area contributed by atoms with Crippen molar-refractivity contribution in [2.45, 2.75) is 23.4 Å². The highest BCUT2D eigenvalue weighted by Crippen LogP contribution is 2.31. The molecule has 3 aromatic carbocycles. The van der Waals surface area contributed by atoms with Crippen LogP contribution in [0.1, 0.15) is 29.0 Å². The number of methoxy groups -OCH3 is 1. The highest BCUT2D eigenvalue weighted by molar-refractivity contribution is 7.90. The molecule has 0 amide bonds. The number of carbonyl (C=O) groups is 1. The van der Waals surface area contributed by atoms with E-state index in [2.05, 4.69) is 14.5 Å². The first kappa shape index (κ1) is 29.1. The van der Waals surface area contributed by atoms with Gasteiger partial charge < -0.3 is 10.1 Å². The Hall–Kier alpha value is -3.90. The topological polar surface area (TPSA) is 100 Å². The molecule has 0 fully saturated rings. The average Bonchev–Trinajstić information content (AvgIpc) is 2.95. The molecule has 1 heterocycles. The monoisotopic (exact) mass is 592 g/mol. The van der Waals surface area contributed by atoms with E-state index in [-0.39, 0.29) is 18.4 Å². The normalized spacial score (nSPS) is 16.3. The molecule has 0 saturated carbocycles. The van der Waals surface area contributed by atoms with E-state index in [1.165, 1.54) is 12.1 Å². The summed E-state index contributed by atoms with van der Waals surface area (Å²) in [5.74, 6) is -1.13. The van der Waals surface area contributed by atoms with E-state index in [9.17, 15) is 26.4 Å². The first-order valence-electron chi connectivity index (χ1n) is 12.0. The van der Waals surface area contributed by atoms with Crippen LogP contribution >= 0.6 is 11.6 Å². The van der Waals surface area contributed by atoms with Crippen molar-refractivity contribution in [3.8, 4) is 0 Å². The quantitative estimate of drug-likeness (QED) is 0.244. The van der Waals surface area contributed by atoms with Crippen LogP contribution in [0.5, 0.6) is 0 Å². The van der Waals surface area contributed by atoms with Crippen LogP contribution in [0.15, 0.2) is 93.3 Å². The Balaban J connectivity index is 1.77. The zero-order chi connectivity index (χ0) is 28.9. The number of ether oxygens (including phenoxy) is 1. The van der Waals surface area contributed by atoms with Crippen molar-refractivity contribution in [2.75, 3.05) is 20.2 Å². The number of sulfonamides is 1. The molecule has 0 aromatic heterocycles. The van der Waals surface area contributed by atoms with Gasteiger partial charge >= 0.3 is 12.1 Å². The van der Waals surface area contributed by atoms with Crippen LogP contribution in [0.25, 0.3) is 0 Å². The maximum atomic E-state index is 13.1. The van der Waals surface area contributed by atoms with Crippen LogP contribution in [-0.2, 0) is 25.7 Å². The predicted molar refractivity (Wildman–Crippen MR) is 145 cm³/mol. The lowest BCUT2D eigenvalue weighted by molar-refractivity contribution is -0.139. The SMILES string of the molecule is COC(=O)CN/C(=N/S(=O)(=O)c1ccc(C(F)(F)F)cc1)N1CCC(c2ccccc2)C(c2ccc(Cl)cc2)=N1. The van der Waals surface area contributed by atoms with E-state index in [0.29, 0.717) is 29.3 Å². The van der Waals surface area contributed by atoms with Gasteiger partial charge in [0.2, 0.25) is 5.96 Å². The summed E-state index contributed by atoms with van der Waals surface area (Å²) in [5, 5.41) is 9.21. The van der Waals surface area contributed by atoms with Crippen LogP contribution in [0.2, 0.25) is 5.02 Å². The third-order valence-corrected chi connectivity index (χ3v) is 7.61. The van der Waals surface area contributed by atoms with Gasteiger partial charge in [-0.15, -0.1) is 4.40 Å². The molecule has 0 bridgehead atoms. The molecule has 0 aliphatic carbocycles. The summed E-state index contributed by atoms with van der Waals surface area (Å²) in [5.41, 5.74) is 1.34. The Morgan fingerprint density at radius 3 is 2.33 bits per heavy atom. The number of hydrogen-bond donors (Lipinski definition) is 1. The molecule has 3 aromatic rings. The second-order valence-corrected chi connectivity index (χ2v) is 10.7. The van der Waals surface area contributed by atoms with Gasteiger partial charge in [0.15, 0.2) is 0 Å². The molecule has 0 saturated heterocycles. The van der Waals surface area contributed by atoms with Gasteiger partial charge in [-0.25, -0.2) is 5.01 Å². The third-order valence-electron chi connectivity index (χ3n) is 6.08. The van der Waals surface area contributed by atoms with Crippen LogP contribution in [0, 0.1) is 0 Å². The fourth-order valence-electron chi connectivity index (χ4n) is 4.06. The molecule has 210 valence electrons. The van der Waals surface area contributed by atoms with Crippen molar-refractivity contribution in [1.82, 2.24) is 10.3 Å². The molecule has 40 heavy (non-hydrogen) atoms. The summed E-state index contributed by atoms with van der Waals surface area (Å²) < 4.78 is 73.6. The number of guanidine groups is 1. The third kappa shape index (κ3) is 6.99. The maximum absolute atomic E-state index is 13.1. The molecule has 1 aliphatic rings. The van der Waals surface area contributed by atoms with Crippen molar-refractivity contribution in [3.63, 3.8) is 0 Å². The summed E-state index contributed by atoms with van der Waals surface area (Å²) in [6.07, 6.45) is -4.13. The second kappa shape index (κ2) is 12.1. The standard InChI is InChI=1S/C27H24ClF3N4O4S/c1-39-24(36)17-32-26(34-40(37,38)22-13-9-20(10-14-22)27(29,30)31)35-16-15-23(18-5-3-2-4-6-18)25(33-35)19-7-11-21(28)12-8-19/h2-14,23H,15-17H2,1H3,(H,32,34). The molecule has 1 N–H and O–H groups in total. The molecule has 0 spiro atoms. The summed E-state index contributed by atoms with van der Waals surface area (Å²) in [6, 6.07) is 19.6. The number of nitrogens with zero attached hydrogens (tertiary/aromatic N) is 3. The van der Waals surface area contributed by atoms with E-state index >= 15 is 0 Å². The molecule has 4 rings (SSSR count). The Labute approximate surface area is 234 Å². The predicted octanol–water partition coefficient (Wildman–Crippen LogP) is 5.06. The summed E-state index contributed by atoms with van der Waals surface area (Å²) in [4.78, 5) is 11.4. The number of benzene rings is 3. The first-order chi connectivity index (χ1) is 19.0. The van der Waals surface area contributed by atoms with Crippen LogP contribution in [0.4, 0.5) is 13.2 Å². The van der Waals surface area contributed by atoms with Gasteiger partial charge in [0.25, 0.3) is 10.0 Å². The number of hydrogen-bond acceptors (Lipinski definition) is 5. The fraction of sp³-hybridized carbons (Fsp3) is 0.222. The summed E-state index contributed by atoms with van der Waals surface area (Å²) in [6.45, 7) is -0.214. The van der Waals surface area contributed by atoms with E-state index in [4.69, 9.17) is 16.7 Å². The highest BCUT2D eigenvalue weighted by Gasteiger charge is 2.32. The van der Waals surface area contributed by atoms with Crippen LogP contribution < -0.4 is 5.32 Å². The van der Waals surface area contributed by atoms with Gasteiger partial charge in [0.1, 0.15) is 6.54 Å². The Morgan fingerprint density at radius 1 is 1.07 bits per heavy atom. The smallest absolute Gasteiger partial charge is 0.416 e. The molecule has 0 radical (unpaired) electrons. The number of esters is 1. The van der Waals surface area contributed by atoms with Gasteiger partial charge in [-0.1, -0.05) is 54.1 Å². The molecule has 1 atom stereocenters. The zero-order valence-electron chi connectivity index (χ0n) is 21.1. The number of carbonyl (C=O) groups excluding carboxylic acids is 1. The van der Waals surface area contributed by atoms with E-state index in [1.807, 2.05) is 30.3 Å². The Kier molecular flexibility index (Phi) is 8.79. The maximum Gasteiger partial charge on any atom is 0.416 e. The first-order valence-corrected chi connectivity index (χ1v) is 13.8. The van der Waals surface area contributed by atoms with Crippen LogP contribution in [0.3, 0.4) is 0 Å². The van der Waals surface area contributed by atoms with E-state index in [0.717, 1.165) is 23.3 Å². The van der Waals surface area contributed by atoms with E-state index in [1.54, 1.807) is 24.3 Å². The lowest BCUT2D eigenvalue weighted by atomic mass is 9.86. The Bertz CT molecular complexity index is 1510. The average molecular weight is 593 g/mol. The van der Waals surface area contributed by atoms with Crippen molar-refractivity contribution in [3.05, 3.63) is 101 Å². The Morgan fingerprint density at radius 2 is 1.73 bits per heavy atom. The molecule has 1 unspecified atom stereocenters. The van der Waals surface area contributed by atoms with Gasteiger partial charge in [-0.2, -0.15) is 26.7 Å². The van der Waals surface area contributed by atoms with Crippen molar-refractivity contribution < 1.29 is 31.1 Å². The summed E-state index contributed by atoms with van der Waals surface area (Å²) >= 11 is 6.08. The molecule has 1 aliphatic heterocycles. The summed E-state index contributed by atoms with van der Waals surface area (Å²) in [7, 11) is -3.33. The van der Waals surface area contributed by atoms with Crippen molar-refractivity contribution in [2.24, 2.45) is 9.50 Å². The molecule has 13 heteroatoms. The van der Waals surface area contributed by atoms with Gasteiger partial charge in [-0.3, -0.25) is 4.79 Å². The minimum Gasteiger partial charge on any atom is -0.468 e. The van der Waals surface area contributed by atoms with Crippen molar-refractivity contribution >= 4 is 39.3 Å². The lowest BCUT2D eigenvalue weighted by Gasteiger charge is -2.32. The fourth-order valence-corrected chi connectivity index (χ4v) is 5.15. The number of alkyl halides is 3. The van der Waals surface area contributed by atoms with Crippen molar-refractivity contribution in [1.29, 1.82) is 0 Å². The number of nitrogens with one attached hydrogen (secondary N) is 1. The largest absolute Gasteiger partial charge is 0.468 e. The zero-order valence-corrected chi connectivity index (χ0v) is 22.7. The highest BCUT2D eigenvalue weighted by atomic mass is 35.5. The minimum atomic E-state index is -4.63. The molecule has 8 nitrogen and oxygen atoms in total. The minimum absolute atomic E-state index is 0.146. The van der Waals surface area contributed by atoms with Gasteiger partial charge in [0.05, 0.1) is 23.3 Å². The molecular formula is C27H24ClF3N4O4S. The second-order valence-electron chi connectivity index (χ2n) is 8.71. The van der Waals surface area contributed by atoms with Gasteiger partial charge in [-0.05, 0) is 53.9 Å². The lowest BCUT2D eigenvalue weighted by Crippen LogP contribution is -2.45. The van der Waals surface area contributed by atoms with Gasteiger partial charge in [0, 0.05) is 17.5 Å². The number of hydrazone groups is 1.